The molecular formula is C19H19N3O4S. The highest BCUT2D eigenvalue weighted by molar-refractivity contribution is 7.21. The molecule has 0 fully saturated rings. The highest BCUT2D eigenvalue weighted by Gasteiger charge is 2.26. The van der Waals surface area contributed by atoms with E-state index in [0.717, 1.165) is 20.8 Å². The normalized spacial score (nSPS) is 15.1. The molecule has 1 atom stereocenters. The van der Waals surface area contributed by atoms with E-state index >= 15 is 0 Å². The Balaban J connectivity index is 1.72. The van der Waals surface area contributed by atoms with Crippen LogP contribution in [0.3, 0.4) is 0 Å². The van der Waals surface area contributed by atoms with Crippen molar-refractivity contribution in [3.8, 4) is 22.1 Å². The lowest BCUT2D eigenvalue weighted by atomic mass is 10.1. The molecule has 0 radical (unpaired) electrons. The van der Waals surface area contributed by atoms with E-state index in [1.807, 2.05) is 30.3 Å². The average Bonchev–Trinajstić information content (AvgIpc) is 2.99. The molecular weight excluding hydrogens is 366 g/mol. The SMILES string of the molecule is N[C@@H](CO)C(=O)N1CCOc2c(O)cc(-c3nc4ccccc4s3)cc2C1. The minimum atomic E-state index is -0.965. The van der Waals surface area contributed by atoms with Crippen LogP contribution in [0.25, 0.3) is 20.8 Å². The van der Waals surface area contributed by atoms with Crippen molar-refractivity contribution >= 4 is 27.5 Å². The molecule has 4 N–H and O–H groups in total. The number of fused-ring (bicyclic) bond motifs is 2. The van der Waals surface area contributed by atoms with Gasteiger partial charge in [-0.05, 0) is 24.3 Å². The van der Waals surface area contributed by atoms with Gasteiger partial charge in [-0.25, -0.2) is 4.98 Å². The number of phenols is 1. The van der Waals surface area contributed by atoms with E-state index in [0.29, 0.717) is 17.9 Å². The molecule has 0 bridgehead atoms. The fourth-order valence-electron chi connectivity index (χ4n) is 3.12. The molecule has 2 aromatic carbocycles. The highest BCUT2D eigenvalue weighted by Crippen LogP contribution is 2.39. The highest BCUT2D eigenvalue weighted by atomic mass is 32.1. The van der Waals surface area contributed by atoms with E-state index in [-0.39, 0.29) is 24.8 Å². The molecule has 140 valence electrons. The first-order chi connectivity index (χ1) is 13.1. The van der Waals surface area contributed by atoms with Gasteiger partial charge in [0.15, 0.2) is 11.5 Å². The molecule has 0 spiro atoms. The van der Waals surface area contributed by atoms with Crippen molar-refractivity contribution < 1.29 is 19.7 Å². The van der Waals surface area contributed by atoms with Crippen molar-refractivity contribution in [2.24, 2.45) is 5.73 Å². The summed E-state index contributed by atoms with van der Waals surface area (Å²) in [6.07, 6.45) is 0. The van der Waals surface area contributed by atoms with Gasteiger partial charge in [-0.1, -0.05) is 12.1 Å². The number of phenolic OH excluding ortho intramolecular Hbond substituents is 1. The number of benzene rings is 2. The van der Waals surface area contributed by atoms with Crippen molar-refractivity contribution in [2.75, 3.05) is 19.8 Å². The van der Waals surface area contributed by atoms with Crippen LogP contribution in [0, 0.1) is 0 Å². The predicted molar refractivity (Wildman–Crippen MR) is 103 cm³/mol. The number of amides is 1. The molecule has 1 aromatic heterocycles. The first kappa shape index (κ1) is 17.7. The van der Waals surface area contributed by atoms with Crippen molar-refractivity contribution in [3.63, 3.8) is 0 Å². The maximum Gasteiger partial charge on any atom is 0.242 e. The maximum absolute atomic E-state index is 12.4. The van der Waals surface area contributed by atoms with Crippen molar-refractivity contribution in [2.45, 2.75) is 12.6 Å². The van der Waals surface area contributed by atoms with E-state index < -0.39 is 12.6 Å². The number of hydrogen-bond acceptors (Lipinski definition) is 7. The van der Waals surface area contributed by atoms with E-state index in [4.69, 9.17) is 15.6 Å². The summed E-state index contributed by atoms with van der Waals surface area (Å²) in [6, 6.07) is 10.4. The fourth-order valence-corrected chi connectivity index (χ4v) is 4.07. The van der Waals surface area contributed by atoms with Gasteiger partial charge in [-0.15, -0.1) is 11.3 Å². The third kappa shape index (κ3) is 3.34. The van der Waals surface area contributed by atoms with Crippen LogP contribution in [0.2, 0.25) is 0 Å². The maximum atomic E-state index is 12.4. The zero-order chi connectivity index (χ0) is 19.0. The first-order valence-electron chi connectivity index (χ1n) is 8.56. The van der Waals surface area contributed by atoms with Gasteiger partial charge in [0.25, 0.3) is 0 Å². The monoisotopic (exact) mass is 385 g/mol. The number of hydrogen-bond donors (Lipinski definition) is 3. The standard InChI is InChI=1S/C19H19N3O4S/c20-13(10-23)19(25)22-5-6-26-17-12(9-22)7-11(8-15(17)24)18-21-14-3-1-2-4-16(14)27-18/h1-4,7-8,13,23-24H,5-6,9-10,20H2/t13-/m0/s1. The Bertz CT molecular complexity index is 971. The summed E-state index contributed by atoms with van der Waals surface area (Å²) in [4.78, 5) is 18.5. The number of aliphatic hydroxyl groups excluding tert-OH is 1. The van der Waals surface area contributed by atoms with Crippen LogP contribution >= 0.6 is 11.3 Å². The van der Waals surface area contributed by atoms with E-state index in [1.54, 1.807) is 6.07 Å². The Morgan fingerprint density at radius 3 is 2.96 bits per heavy atom. The van der Waals surface area contributed by atoms with Crippen LogP contribution in [-0.2, 0) is 11.3 Å². The molecule has 1 aliphatic rings. The second kappa shape index (κ2) is 7.15. The minimum Gasteiger partial charge on any atom is -0.504 e. The number of thiazole rings is 1. The van der Waals surface area contributed by atoms with Crippen LogP contribution < -0.4 is 10.5 Å². The van der Waals surface area contributed by atoms with Crippen LogP contribution in [0.15, 0.2) is 36.4 Å². The predicted octanol–water partition coefficient (Wildman–Crippen LogP) is 1.71. The van der Waals surface area contributed by atoms with Crippen molar-refractivity contribution in [3.05, 3.63) is 42.0 Å². The molecule has 0 aliphatic carbocycles. The number of carbonyl (C=O) groups is 1. The largest absolute Gasteiger partial charge is 0.504 e. The molecule has 8 heteroatoms. The molecule has 7 nitrogen and oxygen atoms in total. The number of ether oxygens (including phenoxy) is 1. The number of carbonyl (C=O) groups excluding carboxylic acids is 1. The number of aromatic hydroxyl groups is 1. The smallest absolute Gasteiger partial charge is 0.242 e. The van der Waals surface area contributed by atoms with Crippen LogP contribution in [0.5, 0.6) is 11.5 Å². The minimum absolute atomic E-state index is 0.0162. The molecule has 0 saturated heterocycles. The number of para-hydroxylation sites is 1. The van der Waals surface area contributed by atoms with E-state index in [9.17, 15) is 9.90 Å². The molecule has 3 aromatic rings. The Morgan fingerprint density at radius 2 is 2.19 bits per heavy atom. The number of nitrogens with two attached hydrogens (primary N) is 1. The van der Waals surface area contributed by atoms with Crippen LogP contribution in [-0.4, -0.2) is 51.8 Å². The summed E-state index contributed by atoms with van der Waals surface area (Å²) < 4.78 is 6.72. The van der Waals surface area contributed by atoms with Crippen molar-refractivity contribution in [1.82, 2.24) is 9.88 Å². The Morgan fingerprint density at radius 1 is 1.37 bits per heavy atom. The number of nitrogens with zero attached hydrogens (tertiary/aromatic N) is 2. The third-order valence-electron chi connectivity index (χ3n) is 4.48. The van der Waals surface area contributed by atoms with E-state index in [2.05, 4.69) is 4.98 Å². The summed E-state index contributed by atoms with van der Waals surface area (Å²) in [6.45, 7) is 0.399. The summed E-state index contributed by atoms with van der Waals surface area (Å²) in [5.41, 5.74) is 8.01. The zero-order valence-corrected chi connectivity index (χ0v) is 15.3. The van der Waals surface area contributed by atoms with Gasteiger partial charge in [0.1, 0.15) is 17.7 Å². The van der Waals surface area contributed by atoms with Gasteiger partial charge >= 0.3 is 0 Å². The number of aromatic nitrogens is 1. The summed E-state index contributed by atoms with van der Waals surface area (Å²) >= 11 is 1.53. The Kier molecular flexibility index (Phi) is 4.69. The molecule has 2 heterocycles. The van der Waals surface area contributed by atoms with Crippen LogP contribution in [0.4, 0.5) is 0 Å². The van der Waals surface area contributed by atoms with Crippen LogP contribution in [0.1, 0.15) is 5.56 Å². The second-order valence-electron chi connectivity index (χ2n) is 6.37. The summed E-state index contributed by atoms with van der Waals surface area (Å²) in [7, 11) is 0. The molecule has 1 amide bonds. The topological polar surface area (TPSA) is 109 Å². The second-order valence-corrected chi connectivity index (χ2v) is 7.40. The quantitative estimate of drug-likeness (QED) is 0.633. The summed E-state index contributed by atoms with van der Waals surface area (Å²) in [5.74, 6) is 0.0362. The average molecular weight is 385 g/mol. The van der Waals surface area contributed by atoms with Gasteiger partial charge in [0.05, 0.1) is 23.4 Å². The lowest BCUT2D eigenvalue weighted by molar-refractivity contribution is -0.134. The number of rotatable bonds is 3. The van der Waals surface area contributed by atoms with Gasteiger partial charge < -0.3 is 25.6 Å². The summed E-state index contributed by atoms with van der Waals surface area (Å²) in [5, 5.41) is 20.4. The molecule has 0 unspecified atom stereocenters. The molecule has 27 heavy (non-hydrogen) atoms. The van der Waals surface area contributed by atoms with Gasteiger partial charge in [-0.3, -0.25) is 4.79 Å². The zero-order valence-electron chi connectivity index (χ0n) is 14.5. The Hall–Kier alpha value is -2.68. The number of aliphatic hydroxyl groups is 1. The lowest BCUT2D eigenvalue weighted by Gasteiger charge is -2.22. The molecule has 1 aliphatic heterocycles. The first-order valence-corrected chi connectivity index (χ1v) is 9.38. The van der Waals surface area contributed by atoms with Crippen molar-refractivity contribution in [1.29, 1.82) is 0 Å². The van der Waals surface area contributed by atoms with E-state index in [1.165, 1.54) is 16.2 Å². The molecule has 4 rings (SSSR count). The molecule has 0 saturated carbocycles. The van der Waals surface area contributed by atoms with Gasteiger partial charge in [0, 0.05) is 17.7 Å². The van der Waals surface area contributed by atoms with Gasteiger partial charge in [0.2, 0.25) is 5.91 Å². The Labute approximate surface area is 159 Å². The third-order valence-corrected chi connectivity index (χ3v) is 5.57. The van der Waals surface area contributed by atoms with Gasteiger partial charge in [-0.2, -0.15) is 0 Å². The lowest BCUT2D eigenvalue weighted by Crippen LogP contribution is -2.46. The fraction of sp³-hybridized carbons (Fsp3) is 0.263.